The van der Waals surface area contributed by atoms with Crippen LogP contribution >= 0.6 is 0 Å². The third kappa shape index (κ3) is 5.41. The van der Waals surface area contributed by atoms with E-state index in [1.165, 1.54) is 12.1 Å². The molecule has 0 amide bonds. The van der Waals surface area contributed by atoms with Gasteiger partial charge < -0.3 is 10.4 Å². The molecular formula is C15H22N2O4. The minimum absolute atomic E-state index is 0.180. The van der Waals surface area contributed by atoms with Crippen LogP contribution in [-0.2, 0) is 0 Å². The van der Waals surface area contributed by atoms with Crippen molar-refractivity contribution in [3.63, 3.8) is 0 Å². The summed E-state index contributed by atoms with van der Waals surface area (Å²) in [4.78, 5) is 21.2. The molecule has 0 saturated heterocycles. The molecule has 116 valence electrons. The molecule has 0 heterocycles. The summed E-state index contributed by atoms with van der Waals surface area (Å²) in [5, 5.41) is 23.0. The van der Waals surface area contributed by atoms with Crippen molar-refractivity contribution in [2.45, 2.75) is 46.1 Å². The molecule has 2 N–H and O–H groups in total. The molecule has 0 saturated carbocycles. The van der Waals surface area contributed by atoms with Crippen molar-refractivity contribution in [3.05, 3.63) is 33.9 Å². The van der Waals surface area contributed by atoms with Crippen LogP contribution in [0.1, 0.15) is 50.4 Å². The van der Waals surface area contributed by atoms with Gasteiger partial charge in [-0.2, -0.15) is 0 Å². The highest BCUT2D eigenvalue weighted by atomic mass is 16.6. The van der Waals surface area contributed by atoms with Gasteiger partial charge >= 0.3 is 5.97 Å². The summed E-state index contributed by atoms with van der Waals surface area (Å²) in [6.07, 6.45) is 3.19. The average Bonchev–Trinajstić information content (AvgIpc) is 2.37. The molecule has 0 radical (unpaired) electrons. The number of carboxylic acids is 1. The van der Waals surface area contributed by atoms with Crippen molar-refractivity contribution >= 4 is 17.3 Å². The van der Waals surface area contributed by atoms with Gasteiger partial charge in [0.2, 0.25) is 0 Å². The lowest BCUT2D eigenvalue weighted by atomic mass is 10.0. The number of anilines is 1. The molecular weight excluding hydrogens is 272 g/mol. The third-order valence-corrected chi connectivity index (χ3v) is 3.26. The van der Waals surface area contributed by atoms with Gasteiger partial charge in [0.05, 0.1) is 4.92 Å². The molecule has 0 aliphatic rings. The Morgan fingerprint density at radius 1 is 1.33 bits per heavy atom. The summed E-state index contributed by atoms with van der Waals surface area (Å²) in [5.74, 6) is -0.633. The standard InChI is InChI=1S/C15H22N2O4/c1-10(2)5-4-6-11(3)16-12-7-8-13(15(18)19)14(9-12)17(20)21/h7-11,16H,4-6H2,1-3H3,(H,18,19). The van der Waals surface area contributed by atoms with E-state index >= 15 is 0 Å². The summed E-state index contributed by atoms with van der Waals surface area (Å²) in [6, 6.07) is 4.29. The van der Waals surface area contributed by atoms with E-state index < -0.39 is 10.9 Å². The Balaban J connectivity index is 2.74. The van der Waals surface area contributed by atoms with Crippen molar-refractivity contribution < 1.29 is 14.8 Å². The normalized spacial score (nSPS) is 12.2. The Labute approximate surface area is 124 Å². The maximum atomic E-state index is 10.9. The second-order valence-electron chi connectivity index (χ2n) is 5.66. The fraction of sp³-hybridized carbons (Fsp3) is 0.533. The Kier molecular flexibility index (Phi) is 6.14. The summed E-state index contributed by atoms with van der Waals surface area (Å²) < 4.78 is 0. The summed E-state index contributed by atoms with van der Waals surface area (Å²) in [5.41, 5.74) is -0.108. The number of aromatic carboxylic acids is 1. The topological polar surface area (TPSA) is 92.5 Å². The van der Waals surface area contributed by atoms with E-state index in [1.807, 2.05) is 6.92 Å². The molecule has 0 aromatic heterocycles. The van der Waals surface area contributed by atoms with Crippen LogP contribution in [0.4, 0.5) is 11.4 Å². The van der Waals surface area contributed by atoms with E-state index in [9.17, 15) is 14.9 Å². The maximum Gasteiger partial charge on any atom is 0.342 e. The molecule has 0 aliphatic carbocycles. The lowest BCUT2D eigenvalue weighted by Crippen LogP contribution is -2.15. The fourth-order valence-corrected chi connectivity index (χ4v) is 2.14. The molecule has 1 atom stereocenters. The molecule has 1 aromatic rings. The molecule has 21 heavy (non-hydrogen) atoms. The summed E-state index contributed by atoms with van der Waals surface area (Å²) >= 11 is 0. The first-order chi connectivity index (χ1) is 9.81. The zero-order chi connectivity index (χ0) is 16.0. The predicted molar refractivity (Wildman–Crippen MR) is 81.8 cm³/mol. The van der Waals surface area contributed by atoms with Crippen molar-refractivity contribution in [2.24, 2.45) is 5.92 Å². The molecule has 1 unspecified atom stereocenters. The molecule has 1 aromatic carbocycles. The van der Waals surface area contributed by atoms with E-state index in [0.717, 1.165) is 19.3 Å². The second-order valence-corrected chi connectivity index (χ2v) is 5.66. The number of nitrogens with zero attached hydrogens (tertiary/aromatic N) is 1. The first-order valence-electron chi connectivity index (χ1n) is 7.09. The number of hydrogen-bond donors (Lipinski definition) is 2. The van der Waals surface area contributed by atoms with Crippen molar-refractivity contribution in [2.75, 3.05) is 5.32 Å². The van der Waals surface area contributed by atoms with Gasteiger partial charge in [-0.1, -0.05) is 26.7 Å². The van der Waals surface area contributed by atoms with Gasteiger partial charge in [0.1, 0.15) is 5.56 Å². The predicted octanol–water partition coefficient (Wildman–Crippen LogP) is 3.92. The number of rotatable bonds is 8. The Morgan fingerprint density at radius 3 is 2.52 bits per heavy atom. The molecule has 0 aliphatic heterocycles. The van der Waals surface area contributed by atoms with E-state index in [0.29, 0.717) is 11.6 Å². The van der Waals surface area contributed by atoms with Crippen molar-refractivity contribution in [1.29, 1.82) is 0 Å². The summed E-state index contributed by atoms with van der Waals surface area (Å²) in [7, 11) is 0. The molecule has 0 bridgehead atoms. The van der Waals surface area contributed by atoms with Crippen LogP contribution in [0.25, 0.3) is 0 Å². The van der Waals surface area contributed by atoms with Gasteiger partial charge in [-0.15, -0.1) is 0 Å². The van der Waals surface area contributed by atoms with E-state index in [-0.39, 0.29) is 17.3 Å². The molecule has 0 spiro atoms. The zero-order valence-corrected chi connectivity index (χ0v) is 12.6. The number of nitro groups is 1. The van der Waals surface area contributed by atoms with Crippen LogP contribution in [0.2, 0.25) is 0 Å². The van der Waals surface area contributed by atoms with Crippen molar-refractivity contribution in [3.8, 4) is 0 Å². The summed E-state index contributed by atoms with van der Waals surface area (Å²) in [6.45, 7) is 6.36. The van der Waals surface area contributed by atoms with E-state index in [1.54, 1.807) is 6.07 Å². The quantitative estimate of drug-likeness (QED) is 0.560. The lowest BCUT2D eigenvalue weighted by molar-refractivity contribution is -0.385. The number of nitrogens with one attached hydrogen (secondary N) is 1. The highest BCUT2D eigenvalue weighted by Crippen LogP contribution is 2.24. The molecule has 0 fully saturated rings. The van der Waals surface area contributed by atoms with E-state index in [2.05, 4.69) is 19.2 Å². The van der Waals surface area contributed by atoms with E-state index in [4.69, 9.17) is 5.11 Å². The van der Waals surface area contributed by atoms with Crippen LogP contribution in [0.5, 0.6) is 0 Å². The SMILES string of the molecule is CC(C)CCCC(C)Nc1ccc(C(=O)O)c([N+](=O)[O-])c1. The Hall–Kier alpha value is -2.11. The number of carboxylic acid groups (broad SMARTS) is 1. The first-order valence-corrected chi connectivity index (χ1v) is 7.09. The average molecular weight is 294 g/mol. The number of carbonyl (C=O) groups is 1. The molecule has 1 rings (SSSR count). The number of benzene rings is 1. The molecule has 6 heteroatoms. The Bertz CT molecular complexity index is 514. The maximum absolute atomic E-state index is 10.9. The highest BCUT2D eigenvalue weighted by Gasteiger charge is 2.20. The largest absolute Gasteiger partial charge is 0.477 e. The third-order valence-electron chi connectivity index (χ3n) is 3.26. The van der Waals surface area contributed by atoms with Gasteiger partial charge in [-0.3, -0.25) is 10.1 Å². The minimum atomic E-state index is -1.29. The second kappa shape index (κ2) is 7.61. The molecule has 6 nitrogen and oxygen atoms in total. The lowest BCUT2D eigenvalue weighted by Gasteiger charge is -2.16. The zero-order valence-electron chi connectivity index (χ0n) is 12.6. The van der Waals surface area contributed by atoms with Crippen LogP contribution in [0.15, 0.2) is 18.2 Å². The van der Waals surface area contributed by atoms with Crippen LogP contribution in [0.3, 0.4) is 0 Å². The number of hydrogen-bond acceptors (Lipinski definition) is 4. The van der Waals surface area contributed by atoms with Crippen LogP contribution in [-0.4, -0.2) is 22.0 Å². The first kappa shape index (κ1) is 16.9. The van der Waals surface area contributed by atoms with Crippen molar-refractivity contribution in [1.82, 2.24) is 0 Å². The van der Waals surface area contributed by atoms with Gasteiger partial charge in [0.25, 0.3) is 5.69 Å². The monoisotopic (exact) mass is 294 g/mol. The van der Waals surface area contributed by atoms with Crippen LogP contribution in [0, 0.1) is 16.0 Å². The smallest absolute Gasteiger partial charge is 0.342 e. The fourth-order valence-electron chi connectivity index (χ4n) is 2.14. The van der Waals surface area contributed by atoms with Gasteiger partial charge in [-0.25, -0.2) is 4.79 Å². The van der Waals surface area contributed by atoms with Gasteiger partial charge in [-0.05, 0) is 31.4 Å². The Morgan fingerprint density at radius 2 is 2.00 bits per heavy atom. The number of nitro benzene ring substituents is 1. The van der Waals surface area contributed by atoms with Gasteiger partial charge in [0, 0.05) is 17.8 Å². The van der Waals surface area contributed by atoms with Gasteiger partial charge in [0.15, 0.2) is 0 Å². The highest BCUT2D eigenvalue weighted by molar-refractivity contribution is 5.93. The van der Waals surface area contributed by atoms with Crippen LogP contribution < -0.4 is 5.32 Å². The minimum Gasteiger partial charge on any atom is -0.477 e.